The smallest absolute Gasteiger partial charge is 0.0314 e. The van der Waals surface area contributed by atoms with E-state index >= 15 is 0 Å². The molecule has 0 amide bonds. The zero-order valence-electron chi connectivity index (χ0n) is 5.71. The van der Waals surface area contributed by atoms with E-state index in [1.54, 1.807) is 11.8 Å². The molecule has 1 aromatic carbocycles. The molecule has 1 rings (SSSR count). The van der Waals surface area contributed by atoms with Gasteiger partial charge in [-0.3, -0.25) is 0 Å². The first kappa shape index (κ1) is 7.48. The van der Waals surface area contributed by atoms with Crippen molar-refractivity contribution in [3.05, 3.63) is 36.1 Å². The fraction of sp³-hybridized carbons (Fsp3) is 0.125. The van der Waals surface area contributed by atoms with Gasteiger partial charge in [0.2, 0.25) is 0 Å². The van der Waals surface area contributed by atoms with Gasteiger partial charge >= 0.3 is 0 Å². The van der Waals surface area contributed by atoms with Gasteiger partial charge in [-0.2, -0.15) is 11.8 Å². The van der Waals surface area contributed by atoms with Gasteiger partial charge in [0.25, 0.3) is 0 Å². The highest BCUT2D eigenvalue weighted by Crippen LogP contribution is 2.11. The monoisotopic (exact) mass is 152 g/mol. The summed E-state index contributed by atoms with van der Waals surface area (Å²) >= 11 is 1.57. The van der Waals surface area contributed by atoms with Crippen molar-refractivity contribution in [1.82, 2.24) is 0 Å². The lowest BCUT2D eigenvalue weighted by Gasteiger charge is -1.96. The van der Waals surface area contributed by atoms with Crippen LogP contribution < -0.4 is 5.73 Å². The van der Waals surface area contributed by atoms with Crippen LogP contribution in [0.15, 0.2) is 24.3 Å². The average molecular weight is 152 g/mol. The van der Waals surface area contributed by atoms with E-state index < -0.39 is 0 Å². The Morgan fingerprint density at radius 3 is 2.40 bits per heavy atom. The third kappa shape index (κ3) is 1.95. The Labute approximate surface area is 65.6 Å². The highest BCUT2D eigenvalue weighted by molar-refractivity contribution is 7.99. The van der Waals surface area contributed by atoms with E-state index in [0.717, 1.165) is 11.4 Å². The Bertz CT molecular complexity index is 193. The number of anilines is 1. The molecular formula is C8H10NS. The molecular weight excluding hydrogens is 142 g/mol. The van der Waals surface area contributed by atoms with Crippen molar-refractivity contribution in [3.63, 3.8) is 0 Å². The largest absolute Gasteiger partial charge is 0.399 e. The fourth-order valence-corrected chi connectivity index (χ4v) is 1.16. The van der Waals surface area contributed by atoms with Crippen LogP contribution in [0.2, 0.25) is 0 Å². The third-order valence-electron chi connectivity index (χ3n) is 1.25. The Balaban J connectivity index is 2.69. The molecule has 10 heavy (non-hydrogen) atoms. The second-order valence-electron chi connectivity index (χ2n) is 2.09. The first-order valence-corrected chi connectivity index (χ1v) is 4.20. The van der Waals surface area contributed by atoms with E-state index in [9.17, 15) is 0 Å². The van der Waals surface area contributed by atoms with E-state index in [2.05, 4.69) is 6.26 Å². The zero-order valence-corrected chi connectivity index (χ0v) is 6.53. The highest BCUT2D eigenvalue weighted by Gasteiger charge is 1.88. The molecule has 53 valence electrons. The molecule has 0 unspecified atom stereocenters. The molecule has 2 heteroatoms. The SMILES string of the molecule is [CH2]SCc1ccc(N)cc1. The Morgan fingerprint density at radius 1 is 1.30 bits per heavy atom. The minimum absolute atomic E-state index is 0.817. The molecule has 1 radical (unpaired) electrons. The van der Waals surface area contributed by atoms with Crippen LogP contribution in [-0.2, 0) is 5.75 Å². The molecule has 0 saturated carbocycles. The van der Waals surface area contributed by atoms with Crippen molar-refractivity contribution < 1.29 is 0 Å². The fourth-order valence-electron chi connectivity index (χ4n) is 0.732. The van der Waals surface area contributed by atoms with Crippen LogP contribution in [0.3, 0.4) is 0 Å². The van der Waals surface area contributed by atoms with Gasteiger partial charge in [0, 0.05) is 17.7 Å². The summed E-state index contributed by atoms with van der Waals surface area (Å²) in [6.45, 7) is 0. The van der Waals surface area contributed by atoms with E-state index in [-0.39, 0.29) is 0 Å². The number of nitrogens with two attached hydrogens (primary N) is 1. The first-order chi connectivity index (χ1) is 4.83. The van der Waals surface area contributed by atoms with E-state index in [1.165, 1.54) is 5.56 Å². The van der Waals surface area contributed by atoms with Crippen molar-refractivity contribution in [1.29, 1.82) is 0 Å². The van der Waals surface area contributed by atoms with Crippen LogP contribution in [0.5, 0.6) is 0 Å². The molecule has 1 nitrogen and oxygen atoms in total. The molecule has 0 fully saturated rings. The molecule has 0 aromatic heterocycles. The van der Waals surface area contributed by atoms with Crippen LogP contribution in [0.1, 0.15) is 5.56 Å². The van der Waals surface area contributed by atoms with E-state index in [1.807, 2.05) is 24.3 Å². The minimum atomic E-state index is 0.817. The standard InChI is InChI=1S/C8H10NS/c1-10-6-7-2-4-8(9)5-3-7/h2-5H,1,6,9H2. The summed E-state index contributed by atoms with van der Waals surface area (Å²) in [5.74, 6) is 0.959. The lowest BCUT2D eigenvalue weighted by molar-refractivity contribution is 1.42. The molecule has 1 aromatic rings. The number of thioether (sulfide) groups is 1. The van der Waals surface area contributed by atoms with Gasteiger partial charge in [-0.05, 0) is 17.7 Å². The second kappa shape index (κ2) is 3.52. The van der Waals surface area contributed by atoms with Crippen LogP contribution in [-0.4, -0.2) is 0 Å². The van der Waals surface area contributed by atoms with Crippen molar-refractivity contribution in [2.45, 2.75) is 5.75 Å². The second-order valence-corrected chi connectivity index (χ2v) is 2.79. The topological polar surface area (TPSA) is 26.0 Å². The van der Waals surface area contributed by atoms with Gasteiger partial charge in [0.15, 0.2) is 0 Å². The van der Waals surface area contributed by atoms with Gasteiger partial charge in [-0.15, -0.1) is 0 Å². The lowest BCUT2D eigenvalue weighted by Crippen LogP contribution is -1.84. The summed E-state index contributed by atoms with van der Waals surface area (Å²) in [5, 5.41) is 0. The molecule has 0 bridgehead atoms. The van der Waals surface area contributed by atoms with Crippen molar-refractivity contribution in [2.75, 3.05) is 5.73 Å². The zero-order chi connectivity index (χ0) is 7.40. The average Bonchev–Trinajstić information content (AvgIpc) is 1.95. The summed E-state index contributed by atoms with van der Waals surface area (Å²) < 4.78 is 0. The van der Waals surface area contributed by atoms with E-state index in [0.29, 0.717) is 0 Å². The van der Waals surface area contributed by atoms with Crippen LogP contribution in [0.25, 0.3) is 0 Å². The molecule has 0 aliphatic carbocycles. The summed E-state index contributed by atoms with van der Waals surface area (Å²) in [7, 11) is 0. The highest BCUT2D eigenvalue weighted by atomic mass is 32.2. The van der Waals surface area contributed by atoms with Gasteiger partial charge in [0.05, 0.1) is 0 Å². The summed E-state index contributed by atoms with van der Waals surface area (Å²) in [5.41, 5.74) is 7.59. The number of benzene rings is 1. The molecule has 0 saturated heterocycles. The quantitative estimate of drug-likeness (QED) is 0.658. The number of nitrogen functional groups attached to an aromatic ring is 1. The maximum atomic E-state index is 5.50. The number of rotatable bonds is 2. The predicted octanol–water partition coefficient (Wildman–Crippen LogP) is 2.29. The normalized spacial score (nSPS) is 9.70. The Kier molecular flexibility index (Phi) is 2.63. The van der Waals surface area contributed by atoms with Gasteiger partial charge < -0.3 is 5.73 Å². The van der Waals surface area contributed by atoms with Crippen molar-refractivity contribution in [3.8, 4) is 0 Å². The molecule has 0 aliphatic heterocycles. The molecule has 0 aliphatic rings. The van der Waals surface area contributed by atoms with Crippen molar-refractivity contribution in [2.24, 2.45) is 0 Å². The van der Waals surface area contributed by atoms with Gasteiger partial charge in [0.1, 0.15) is 0 Å². The molecule has 2 N–H and O–H groups in total. The Hall–Kier alpha value is -0.630. The third-order valence-corrected chi connectivity index (χ3v) is 1.79. The minimum Gasteiger partial charge on any atom is -0.399 e. The maximum absolute atomic E-state index is 5.50. The van der Waals surface area contributed by atoms with Crippen LogP contribution in [0, 0.1) is 6.26 Å². The van der Waals surface area contributed by atoms with Crippen molar-refractivity contribution >= 4 is 17.4 Å². The molecule has 0 spiro atoms. The van der Waals surface area contributed by atoms with E-state index in [4.69, 9.17) is 5.73 Å². The number of hydrogen-bond acceptors (Lipinski definition) is 2. The van der Waals surface area contributed by atoms with Gasteiger partial charge in [-0.1, -0.05) is 12.1 Å². The maximum Gasteiger partial charge on any atom is 0.0314 e. The van der Waals surface area contributed by atoms with Gasteiger partial charge in [-0.25, -0.2) is 0 Å². The summed E-state index contributed by atoms with van der Waals surface area (Å²) in [6.07, 6.45) is 3.69. The Morgan fingerprint density at radius 2 is 1.90 bits per heavy atom. The predicted molar refractivity (Wildman–Crippen MR) is 47.5 cm³/mol. The van der Waals surface area contributed by atoms with Crippen LogP contribution in [0.4, 0.5) is 5.69 Å². The molecule has 0 atom stereocenters. The summed E-state index contributed by atoms with van der Waals surface area (Å²) in [6, 6.07) is 7.86. The lowest BCUT2D eigenvalue weighted by atomic mass is 10.2. The molecule has 0 heterocycles. The number of hydrogen-bond donors (Lipinski definition) is 1. The first-order valence-electron chi connectivity index (χ1n) is 3.04. The summed E-state index contributed by atoms with van der Waals surface area (Å²) in [4.78, 5) is 0. The van der Waals surface area contributed by atoms with Crippen LogP contribution >= 0.6 is 11.8 Å².